The van der Waals surface area contributed by atoms with Gasteiger partial charge in [0.2, 0.25) is 5.96 Å². The maximum atomic E-state index is 10.4. The lowest BCUT2D eigenvalue weighted by Crippen LogP contribution is -2.21. The monoisotopic (exact) mass is 266 g/mol. The zero-order chi connectivity index (χ0) is 14.3. The molecule has 1 rings (SSSR count). The van der Waals surface area contributed by atoms with Gasteiger partial charge in [0.15, 0.2) is 18.1 Å². The standard InChI is InChI=1S/C11H14N4O4/c1-18-9-4-7(5-14-15-11(12)13)2-3-8(9)19-6-10(16)17/h2-5H,6H2,1H3,(H,16,17)(H4,12,13,15). The summed E-state index contributed by atoms with van der Waals surface area (Å²) >= 11 is 0. The Balaban J connectivity index is 2.86. The highest BCUT2D eigenvalue weighted by Gasteiger charge is 2.07. The number of rotatable bonds is 6. The van der Waals surface area contributed by atoms with Crippen molar-refractivity contribution in [2.75, 3.05) is 13.7 Å². The fourth-order valence-electron chi connectivity index (χ4n) is 1.19. The number of carbonyl (C=O) groups is 1. The number of methoxy groups -OCH3 is 1. The summed E-state index contributed by atoms with van der Waals surface area (Å²) in [6.45, 7) is -0.447. The van der Waals surface area contributed by atoms with Crippen molar-refractivity contribution in [2.24, 2.45) is 21.7 Å². The van der Waals surface area contributed by atoms with Crippen LogP contribution >= 0.6 is 0 Å². The van der Waals surface area contributed by atoms with Gasteiger partial charge in [0.25, 0.3) is 0 Å². The van der Waals surface area contributed by atoms with Crippen LogP contribution in [-0.4, -0.2) is 37.0 Å². The fourth-order valence-corrected chi connectivity index (χ4v) is 1.19. The zero-order valence-electron chi connectivity index (χ0n) is 10.2. The van der Waals surface area contributed by atoms with Crippen LogP contribution in [0.4, 0.5) is 0 Å². The van der Waals surface area contributed by atoms with Gasteiger partial charge >= 0.3 is 5.97 Å². The highest BCUT2D eigenvalue weighted by Crippen LogP contribution is 2.27. The largest absolute Gasteiger partial charge is 0.493 e. The topological polar surface area (TPSA) is 133 Å². The first-order valence-corrected chi connectivity index (χ1v) is 5.17. The Hall–Kier alpha value is -2.77. The van der Waals surface area contributed by atoms with Crippen molar-refractivity contribution >= 4 is 18.1 Å². The average Bonchev–Trinajstić information content (AvgIpc) is 2.36. The molecule has 0 spiro atoms. The Kier molecular flexibility index (Phi) is 5.15. The molecule has 8 nitrogen and oxygen atoms in total. The van der Waals surface area contributed by atoms with E-state index >= 15 is 0 Å². The number of hydrogen-bond donors (Lipinski definition) is 3. The molecular weight excluding hydrogens is 252 g/mol. The number of carboxylic acids is 1. The summed E-state index contributed by atoms with van der Waals surface area (Å²) in [5, 5.41) is 15.6. The molecule has 0 aliphatic carbocycles. The molecule has 0 saturated heterocycles. The normalized spacial score (nSPS) is 10.2. The van der Waals surface area contributed by atoms with E-state index in [1.54, 1.807) is 18.2 Å². The molecule has 8 heteroatoms. The Bertz CT molecular complexity index is 509. The number of hydrogen-bond acceptors (Lipinski definition) is 5. The summed E-state index contributed by atoms with van der Waals surface area (Å²) in [4.78, 5) is 10.4. The Morgan fingerprint density at radius 1 is 1.42 bits per heavy atom. The third-order valence-electron chi connectivity index (χ3n) is 1.92. The van der Waals surface area contributed by atoms with Gasteiger partial charge in [-0.25, -0.2) is 4.79 Å². The quantitative estimate of drug-likeness (QED) is 0.370. The molecule has 0 amide bonds. The summed E-state index contributed by atoms with van der Waals surface area (Å²) in [7, 11) is 1.44. The van der Waals surface area contributed by atoms with E-state index in [4.69, 9.17) is 26.0 Å². The highest BCUT2D eigenvalue weighted by atomic mass is 16.5. The van der Waals surface area contributed by atoms with Gasteiger partial charge in [0.1, 0.15) is 0 Å². The second kappa shape index (κ2) is 6.84. The van der Waals surface area contributed by atoms with E-state index < -0.39 is 12.6 Å². The van der Waals surface area contributed by atoms with E-state index in [1.807, 2.05) is 0 Å². The lowest BCUT2D eigenvalue weighted by atomic mass is 10.2. The van der Waals surface area contributed by atoms with Gasteiger partial charge in [-0.15, -0.1) is 5.10 Å². The first-order chi connectivity index (χ1) is 9.02. The molecule has 0 unspecified atom stereocenters. The van der Waals surface area contributed by atoms with E-state index in [1.165, 1.54) is 13.3 Å². The van der Waals surface area contributed by atoms with Crippen LogP contribution in [-0.2, 0) is 4.79 Å². The van der Waals surface area contributed by atoms with Crippen molar-refractivity contribution < 1.29 is 19.4 Å². The van der Waals surface area contributed by atoms with Crippen LogP contribution in [0.25, 0.3) is 0 Å². The van der Waals surface area contributed by atoms with Crippen molar-refractivity contribution in [3.63, 3.8) is 0 Å². The molecule has 0 radical (unpaired) electrons. The Labute approximate surface area is 109 Å². The van der Waals surface area contributed by atoms with E-state index in [9.17, 15) is 4.79 Å². The van der Waals surface area contributed by atoms with Crippen LogP contribution in [0, 0.1) is 0 Å². The summed E-state index contributed by atoms with van der Waals surface area (Å²) in [6.07, 6.45) is 1.42. The molecule has 1 aromatic rings. The number of nitrogens with zero attached hydrogens (tertiary/aromatic N) is 2. The molecule has 0 atom stereocenters. The molecule has 0 heterocycles. The van der Waals surface area contributed by atoms with Crippen LogP contribution in [0.3, 0.4) is 0 Å². The van der Waals surface area contributed by atoms with Crippen LogP contribution in [0.2, 0.25) is 0 Å². The molecule has 0 fully saturated rings. The van der Waals surface area contributed by atoms with Crippen molar-refractivity contribution in [1.82, 2.24) is 0 Å². The minimum Gasteiger partial charge on any atom is -0.493 e. The molecule has 0 aliphatic rings. The van der Waals surface area contributed by atoms with Gasteiger partial charge in [0, 0.05) is 0 Å². The second-order valence-electron chi connectivity index (χ2n) is 3.36. The van der Waals surface area contributed by atoms with E-state index in [0.717, 1.165) is 0 Å². The predicted molar refractivity (Wildman–Crippen MR) is 69.5 cm³/mol. The van der Waals surface area contributed by atoms with Gasteiger partial charge in [0.05, 0.1) is 13.3 Å². The van der Waals surface area contributed by atoms with Crippen molar-refractivity contribution in [1.29, 1.82) is 0 Å². The second-order valence-corrected chi connectivity index (χ2v) is 3.36. The average molecular weight is 266 g/mol. The van der Waals surface area contributed by atoms with E-state index in [0.29, 0.717) is 17.1 Å². The predicted octanol–water partition coefficient (Wildman–Crippen LogP) is -0.234. The van der Waals surface area contributed by atoms with Gasteiger partial charge in [-0.3, -0.25) is 0 Å². The summed E-state index contributed by atoms with van der Waals surface area (Å²) in [5.74, 6) is -0.510. The first-order valence-electron chi connectivity index (χ1n) is 5.17. The number of carboxylic acid groups (broad SMARTS) is 1. The van der Waals surface area contributed by atoms with Gasteiger partial charge in [-0.1, -0.05) is 0 Å². The molecule has 0 saturated carbocycles. The minimum absolute atomic E-state index is 0.148. The van der Waals surface area contributed by atoms with Gasteiger partial charge in [-0.05, 0) is 23.8 Å². The first kappa shape index (κ1) is 14.3. The molecule has 0 bridgehead atoms. The van der Waals surface area contributed by atoms with Crippen LogP contribution in [0.1, 0.15) is 5.56 Å². The Morgan fingerprint density at radius 2 is 2.16 bits per heavy atom. The van der Waals surface area contributed by atoms with Gasteiger partial charge in [-0.2, -0.15) is 5.10 Å². The van der Waals surface area contributed by atoms with Crippen LogP contribution in [0.15, 0.2) is 28.4 Å². The van der Waals surface area contributed by atoms with Crippen molar-refractivity contribution in [2.45, 2.75) is 0 Å². The fraction of sp³-hybridized carbons (Fsp3) is 0.182. The van der Waals surface area contributed by atoms with E-state index in [-0.39, 0.29) is 5.96 Å². The Morgan fingerprint density at radius 3 is 2.74 bits per heavy atom. The molecule has 19 heavy (non-hydrogen) atoms. The lowest BCUT2D eigenvalue weighted by Gasteiger charge is -2.09. The number of guanidine groups is 1. The maximum absolute atomic E-state index is 10.4. The SMILES string of the molecule is COc1cc(C=NN=C(N)N)ccc1OCC(=O)O. The molecular formula is C11H14N4O4. The number of ether oxygens (including phenoxy) is 2. The van der Waals surface area contributed by atoms with E-state index in [2.05, 4.69) is 10.2 Å². The van der Waals surface area contributed by atoms with Crippen LogP contribution < -0.4 is 20.9 Å². The molecule has 1 aromatic carbocycles. The molecule has 102 valence electrons. The van der Waals surface area contributed by atoms with Crippen molar-refractivity contribution in [3.05, 3.63) is 23.8 Å². The summed E-state index contributed by atoms with van der Waals surface area (Å²) < 4.78 is 10.1. The number of aliphatic carboxylic acids is 1. The van der Waals surface area contributed by atoms with Crippen molar-refractivity contribution in [3.8, 4) is 11.5 Å². The smallest absolute Gasteiger partial charge is 0.341 e. The third-order valence-corrected chi connectivity index (χ3v) is 1.92. The molecule has 0 aliphatic heterocycles. The van der Waals surface area contributed by atoms with Crippen LogP contribution in [0.5, 0.6) is 11.5 Å². The molecule has 0 aromatic heterocycles. The highest BCUT2D eigenvalue weighted by molar-refractivity contribution is 5.82. The maximum Gasteiger partial charge on any atom is 0.341 e. The number of benzene rings is 1. The number of nitrogens with two attached hydrogens (primary N) is 2. The molecule has 5 N–H and O–H groups in total. The zero-order valence-corrected chi connectivity index (χ0v) is 10.2. The summed E-state index contributed by atoms with van der Waals surface area (Å²) in [6, 6.07) is 4.84. The third kappa shape index (κ3) is 4.94. The summed E-state index contributed by atoms with van der Waals surface area (Å²) in [5.41, 5.74) is 10.9. The van der Waals surface area contributed by atoms with Gasteiger partial charge < -0.3 is 26.0 Å². The minimum atomic E-state index is -1.07. The lowest BCUT2D eigenvalue weighted by molar-refractivity contribution is -0.139.